The number of amides is 2. The summed E-state index contributed by atoms with van der Waals surface area (Å²) in [4.78, 5) is 40.8. The van der Waals surface area contributed by atoms with Crippen LogP contribution < -0.4 is 10.6 Å². The quantitative estimate of drug-likeness (QED) is 0.437. The number of piperidine rings is 1. The second-order valence-corrected chi connectivity index (χ2v) is 7.01. The molecule has 1 aromatic heterocycles. The minimum Gasteiger partial charge on any atom is -0.348 e. The van der Waals surface area contributed by atoms with Gasteiger partial charge in [0.05, 0.1) is 10.6 Å². The SMILES string of the molecule is O=C(NCC1CCN(Cc2ccccn2)CC1)C(=O)Nc1ccc([N+](=O)[O-])cc1. The summed E-state index contributed by atoms with van der Waals surface area (Å²) in [5.41, 5.74) is 1.29. The van der Waals surface area contributed by atoms with Gasteiger partial charge in [0, 0.05) is 37.1 Å². The zero-order chi connectivity index (χ0) is 20.6. The van der Waals surface area contributed by atoms with Gasteiger partial charge in [-0.1, -0.05) is 6.07 Å². The van der Waals surface area contributed by atoms with Crippen LogP contribution >= 0.6 is 0 Å². The standard InChI is InChI=1S/C20H23N5O4/c26-19(20(27)23-16-4-6-18(7-5-16)25(28)29)22-13-15-8-11-24(12-9-15)14-17-3-1-2-10-21-17/h1-7,10,15H,8-9,11-14H2,(H,22,26)(H,23,27). The Morgan fingerprint density at radius 3 is 2.45 bits per heavy atom. The number of carbonyl (C=O) groups is 2. The van der Waals surface area contributed by atoms with Crippen molar-refractivity contribution in [3.05, 3.63) is 64.5 Å². The maximum Gasteiger partial charge on any atom is 0.313 e. The molecule has 9 heteroatoms. The first-order chi connectivity index (χ1) is 14.0. The fourth-order valence-corrected chi connectivity index (χ4v) is 3.24. The van der Waals surface area contributed by atoms with Crippen molar-refractivity contribution >= 4 is 23.2 Å². The predicted molar refractivity (Wildman–Crippen MR) is 107 cm³/mol. The van der Waals surface area contributed by atoms with E-state index in [0.29, 0.717) is 18.2 Å². The lowest BCUT2D eigenvalue weighted by Gasteiger charge is -2.31. The van der Waals surface area contributed by atoms with E-state index in [2.05, 4.69) is 20.5 Å². The zero-order valence-corrected chi connectivity index (χ0v) is 15.9. The zero-order valence-electron chi connectivity index (χ0n) is 15.9. The van der Waals surface area contributed by atoms with Crippen LogP contribution in [0.25, 0.3) is 0 Å². The van der Waals surface area contributed by atoms with Gasteiger partial charge >= 0.3 is 11.8 Å². The Hall–Kier alpha value is -3.33. The molecule has 3 rings (SSSR count). The van der Waals surface area contributed by atoms with Gasteiger partial charge in [0.25, 0.3) is 5.69 Å². The van der Waals surface area contributed by atoms with Crippen molar-refractivity contribution in [2.24, 2.45) is 5.92 Å². The molecule has 29 heavy (non-hydrogen) atoms. The van der Waals surface area contributed by atoms with Gasteiger partial charge in [-0.15, -0.1) is 0 Å². The van der Waals surface area contributed by atoms with E-state index < -0.39 is 16.7 Å². The normalized spacial score (nSPS) is 14.9. The van der Waals surface area contributed by atoms with Gasteiger partial charge in [0.1, 0.15) is 0 Å². The van der Waals surface area contributed by atoms with Crippen molar-refractivity contribution in [2.45, 2.75) is 19.4 Å². The van der Waals surface area contributed by atoms with Crippen LogP contribution in [0, 0.1) is 16.0 Å². The summed E-state index contributed by atoms with van der Waals surface area (Å²) in [5.74, 6) is -1.17. The Balaban J connectivity index is 1.38. The number of nitro groups is 1. The number of benzene rings is 1. The number of anilines is 1. The predicted octanol–water partition coefficient (Wildman–Crippen LogP) is 1.96. The summed E-state index contributed by atoms with van der Waals surface area (Å²) in [6, 6.07) is 11.2. The third-order valence-electron chi connectivity index (χ3n) is 4.91. The van der Waals surface area contributed by atoms with E-state index in [0.717, 1.165) is 38.2 Å². The largest absolute Gasteiger partial charge is 0.348 e. The molecule has 2 heterocycles. The number of hydrogen-bond acceptors (Lipinski definition) is 6. The molecule has 0 atom stereocenters. The Labute approximate surface area is 168 Å². The fourth-order valence-electron chi connectivity index (χ4n) is 3.24. The molecule has 1 fully saturated rings. The Morgan fingerprint density at radius 2 is 1.83 bits per heavy atom. The van der Waals surface area contributed by atoms with E-state index in [1.165, 1.54) is 24.3 Å². The van der Waals surface area contributed by atoms with Gasteiger partial charge in [0.2, 0.25) is 0 Å². The number of carbonyl (C=O) groups excluding carboxylic acids is 2. The number of hydrogen-bond donors (Lipinski definition) is 2. The maximum absolute atomic E-state index is 12.0. The van der Waals surface area contributed by atoms with E-state index in [1.54, 1.807) is 6.20 Å². The molecular weight excluding hydrogens is 374 g/mol. The third-order valence-corrected chi connectivity index (χ3v) is 4.91. The third kappa shape index (κ3) is 6.08. The first-order valence-electron chi connectivity index (χ1n) is 9.47. The molecule has 2 N–H and O–H groups in total. The molecule has 1 aromatic carbocycles. The van der Waals surface area contributed by atoms with Crippen molar-refractivity contribution in [2.75, 3.05) is 25.0 Å². The van der Waals surface area contributed by atoms with Gasteiger partial charge in [-0.05, 0) is 56.1 Å². The monoisotopic (exact) mass is 397 g/mol. The molecule has 152 valence electrons. The minimum absolute atomic E-state index is 0.0816. The van der Waals surface area contributed by atoms with Crippen LogP contribution in [-0.4, -0.2) is 46.3 Å². The van der Waals surface area contributed by atoms with Crippen molar-refractivity contribution < 1.29 is 14.5 Å². The topological polar surface area (TPSA) is 117 Å². The summed E-state index contributed by atoms with van der Waals surface area (Å²) in [6.07, 6.45) is 3.67. The molecular formula is C20H23N5O4. The number of aromatic nitrogens is 1. The number of likely N-dealkylation sites (tertiary alicyclic amines) is 1. The van der Waals surface area contributed by atoms with Crippen LogP contribution in [0.3, 0.4) is 0 Å². The second kappa shape index (κ2) is 9.74. The Kier molecular flexibility index (Phi) is 6.85. The summed E-state index contributed by atoms with van der Waals surface area (Å²) in [7, 11) is 0. The van der Waals surface area contributed by atoms with Crippen molar-refractivity contribution in [1.29, 1.82) is 0 Å². The molecule has 2 amide bonds. The average molecular weight is 397 g/mol. The smallest absolute Gasteiger partial charge is 0.313 e. The average Bonchev–Trinajstić information content (AvgIpc) is 2.74. The number of pyridine rings is 1. The molecule has 1 aliphatic heterocycles. The van der Waals surface area contributed by atoms with Gasteiger partial charge in [-0.2, -0.15) is 0 Å². The molecule has 9 nitrogen and oxygen atoms in total. The molecule has 0 radical (unpaired) electrons. The van der Waals surface area contributed by atoms with E-state index in [9.17, 15) is 19.7 Å². The van der Waals surface area contributed by atoms with Crippen molar-refractivity contribution in [1.82, 2.24) is 15.2 Å². The minimum atomic E-state index is -0.786. The van der Waals surface area contributed by atoms with Gasteiger partial charge in [0.15, 0.2) is 0 Å². The number of nitro benzene ring substituents is 1. The molecule has 1 aliphatic rings. The highest BCUT2D eigenvalue weighted by Crippen LogP contribution is 2.18. The first-order valence-corrected chi connectivity index (χ1v) is 9.47. The van der Waals surface area contributed by atoms with Crippen LogP contribution in [0.4, 0.5) is 11.4 Å². The van der Waals surface area contributed by atoms with Gasteiger partial charge in [-0.25, -0.2) is 0 Å². The molecule has 0 saturated carbocycles. The van der Waals surface area contributed by atoms with Crippen LogP contribution in [0.15, 0.2) is 48.7 Å². The molecule has 1 saturated heterocycles. The molecule has 0 unspecified atom stereocenters. The highest BCUT2D eigenvalue weighted by atomic mass is 16.6. The Morgan fingerprint density at radius 1 is 1.10 bits per heavy atom. The van der Waals surface area contributed by atoms with Crippen molar-refractivity contribution in [3.8, 4) is 0 Å². The number of nitrogens with zero attached hydrogens (tertiary/aromatic N) is 3. The highest BCUT2D eigenvalue weighted by Gasteiger charge is 2.21. The maximum atomic E-state index is 12.0. The number of rotatable bonds is 6. The molecule has 0 aliphatic carbocycles. The summed E-state index contributed by atoms with van der Waals surface area (Å²) in [5, 5.41) is 15.8. The van der Waals surface area contributed by atoms with Gasteiger partial charge in [-0.3, -0.25) is 29.6 Å². The van der Waals surface area contributed by atoms with Crippen LogP contribution in [0.2, 0.25) is 0 Å². The summed E-state index contributed by atoms with van der Waals surface area (Å²) in [6.45, 7) is 3.11. The first kappa shape index (κ1) is 20.4. The van der Waals surface area contributed by atoms with Crippen LogP contribution in [0.5, 0.6) is 0 Å². The summed E-state index contributed by atoms with van der Waals surface area (Å²) < 4.78 is 0. The fraction of sp³-hybridized carbons (Fsp3) is 0.350. The van der Waals surface area contributed by atoms with E-state index in [4.69, 9.17) is 0 Å². The Bertz CT molecular complexity index is 849. The number of nitrogens with one attached hydrogen (secondary N) is 2. The van der Waals surface area contributed by atoms with E-state index >= 15 is 0 Å². The lowest BCUT2D eigenvalue weighted by Crippen LogP contribution is -2.41. The van der Waals surface area contributed by atoms with Crippen LogP contribution in [-0.2, 0) is 16.1 Å². The van der Waals surface area contributed by atoms with Crippen LogP contribution in [0.1, 0.15) is 18.5 Å². The highest BCUT2D eigenvalue weighted by molar-refractivity contribution is 6.39. The molecule has 0 spiro atoms. The summed E-state index contributed by atoms with van der Waals surface area (Å²) >= 11 is 0. The van der Waals surface area contributed by atoms with Crippen molar-refractivity contribution in [3.63, 3.8) is 0 Å². The van der Waals surface area contributed by atoms with Gasteiger partial charge < -0.3 is 10.6 Å². The number of non-ortho nitro benzene ring substituents is 1. The second-order valence-electron chi connectivity index (χ2n) is 7.01. The van der Waals surface area contributed by atoms with E-state index in [-0.39, 0.29) is 5.69 Å². The molecule has 0 bridgehead atoms. The van der Waals surface area contributed by atoms with E-state index in [1.807, 2.05) is 18.2 Å². The lowest BCUT2D eigenvalue weighted by molar-refractivity contribution is -0.384. The lowest BCUT2D eigenvalue weighted by atomic mass is 9.96. The molecule has 2 aromatic rings.